The van der Waals surface area contributed by atoms with Gasteiger partial charge in [0.2, 0.25) is 0 Å². The zero-order valence-electron chi connectivity index (χ0n) is 15.0. The molecule has 4 aromatic rings. The van der Waals surface area contributed by atoms with Gasteiger partial charge in [-0.1, -0.05) is 16.8 Å². The molecule has 1 aromatic carbocycles. The van der Waals surface area contributed by atoms with Gasteiger partial charge in [0.1, 0.15) is 11.6 Å². The van der Waals surface area contributed by atoms with E-state index in [-0.39, 0.29) is 10.8 Å². The molecule has 0 amide bonds. The van der Waals surface area contributed by atoms with E-state index >= 15 is 0 Å². The molecule has 1 unspecified atom stereocenters. The molecule has 0 radical (unpaired) electrons. The number of methoxy groups -OCH3 is 1. The van der Waals surface area contributed by atoms with Crippen LogP contribution in [0.5, 0.6) is 0 Å². The number of alkyl halides is 3. The van der Waals surface area contributed by atoms with Crippen LogP contribution in [-0.2, 0) is 15.7 Å². The van der Waals surface area contributed by atoms with E-state index in [2.05, 4.69) is 20.4 Å². The number of nitrogens with zero attached hydrogens (tertiary/aromatic N) is 6. The Morgan fingerprint density at radius 1 is 1.21 bits per heavy atom. The van der Waals surface area contributed by atoms with Gasteiger partial charge >= 0.3 is 12.1 Å². The first-order valence-corrected chi connectivity index (χ1v) is 8.62. The molecule has 3 aromatic heterocycles. The highest BCUT2D eigenvalue weighted by Crippen LogP contribution is 2.33. The van der Waals surface area contributed by atoms with Crippen molar-refractivity contribution in [2.75, 3.05) is 7.11 Å². The van der Waals surface area contributed by atoms with Crippen molar-refractivity contribution in [3.05, 3.63) is 41.2 Å². The molecule has 0 aliphatic carbocycles. The third kappa shape index (κ3) is 3.16. The van der Waals surface area contributed by atoms with Gasteiger partial charge in [-0.3, -0.25) is 0 Å². The molecule has 12 heteroatoms. The summed E-state index contributed by atoms with van der Waals surface area (Å²) in [6.07, 6.45) is -2.36. The minimum absolute atomic E-state index is 0.0362. The molecule has 150 valence electrons. The van der Waals surface area contributed by atoms with Gasteiger partial charge in [-0.2, -0.15) is 18.3 Å². The third-order valence-electron chi connectivity index (χ3n) is 4.42. The minimum atomic E-state index is -4.56. The van der Waals surface area contributed by atoms with E-state index in [1.165, 1.54) is 22.7 Å². The maximum absolute atomic E-state index is 12.9. The quantitative estimate of drug-likeness (QED) is 0.467. The average molecular weight is 425 g/mol. The second-order valence-electron chi connectivity index (χ2n) is 6.22. The molecular formula is C17H12ClF3N6O2. The molecule has 0 bridgehead atoms. The summed E-state index contributed by atoms with van der Waals surface area (Å²) in [5.41, 5.74) is 0.575. The Balaban J connectivity index is 1.88. The standard InChI is InChI=1S/C17H12ClF3N6O2/c1-8(16(28)29-2)26-14-5-13-9(3-12(14)24-25-26)6-23-27(13)15-11(18)4-10(7-22-15)17(19,20)21/h3-8H,1-2H3. The van der Waals surface area contributed by atoms with Crippen LogP contribution in [0.15, 0.2) is 30.6 Å². The number of hydrogen-bond acceptors (Lipinski definition) is 6. The topological polar surface area (TPSA) is 87.7 Å². The molecule has 0 fully saturated rings. The summed E-state index contributed by atoms with van der Waals surface area (Å²) in [5, 5.41) is 12.7. The fourth-order valence-corrected chi connectivity index (χ4v) is 3.17. The number of pyridine rings is 1. The fourth-order valence-electron chi connectivity index (χ4n) is 2.93. The highest BCUT2D eigenvalue weighted by Gasteiger charge is 2.32. The number of rotatable bonds is 3. The number of aromatic nitrogens is 6. The van der Waals surface area contributed by atoms with Crippen molar-refractivity contribution < 1.29 is 22.7 Å². The fraction of sp³-hybridized carbons (Fsp3) is 0.235. The normalized spacial score (nSPS) is 13.2. The van der Waals surface area contributed by atoms with Crippen molar-refractivity contribution in [3.63, 3.8) is 0 Å². The minimum Gasteiger partial charge on any atom is -0.467 e. The molecule has 8 nitrogen and oxygen atoms in total. The Hall–Kier alpha value is -3.21. The molecule has 0 saturated heterocycles. The first-order chi connectivity index (χ1) is 13.7. The zero-order valence-corrected chi connectivity index (χ0v) is 15.7. The molecule has 29 heavy (non-hydrogen) atoms. The summed E-state index contributed by atoms with van der Waals surface area (Å²) < 4.78 is 46.1. The number of benzene rings is 1. The highest BCUT2D eigenvalue weighted by molar-refractivity contribution is 6.32. The van der Waals surface area contributed by atoms with Gasteiger partial charge in [0.05, 0.1) is 34.9 Å². The Morgan fingerprint density at radius 2 is 1.97 bits per heavy atom. The van der Waals surface area contributed by atoms with Crippen molar-refractivity contribution in [2.45, 2.75) is 19.1 Å². The largest absolute Gasteiger partial charge is 0.467 e. The molecule has 3 heterocycles. The number of fused-ring (bicyclic) bond motifs is 2. The number of hydrogen-bond donors (Lipinski definition) is 0. The Bertz CT molecular complexity index is 1250. The first-order valence-electron chi connectivity index (χ1n) is 8.24. The number of halogens is 4. The van der Waals surface area contributed by atoms with Crippen LogP contribution in [0, 0.1) is 0 Å². The summed E-state index contributed by atoms with van der Waals surface area (Å²) in [5.74, 6) is -0.466. The lowest BCUT2D eigenvalue weighted by molar-refractivity contribution is -0.144. The summed E-state index contributed by atoms with van der Waals surface area (Å²) in [4.78, 5) is 15.7. The summed E-state index contributed by atoms with van der Waals surface area (Å²) in [7, 11) is 1.27. The van der Waals surface area contributed by atoms with Crippen LogP contribution in [0.3, 0.4) is 0 Å². The molecule has 4 rings (SSSR count). The molecule has 0 aliphatic heterocycles. The van der Waals surface area contributed by atoms with E-state index in [0.717, 1.165) is 6.07 Å². The van der Waals surface area contributed by atoms with Gasteiger partial charge < -0.3 is 4.74 Å². The molecule has 1 atom stereocenters. The Morgan fingerprint density at radius 3 is 2.62 bits per heavy atom. The monoisotopic (exact) mass is 424 g/mol. The predicted octanol–water partition coefficient (Wildman–Crippen LogP) is 3.57. The van der Waals surface area contributed by atoms with E-state index in [4.69, 9.17) is 16.3 Å². The predicted molar refractivity (Wildman–Crippen MR) is 96.7 cm³/mol. The van der Waals surface area contributed by atoms with Gasteiger partial charge in [-0.25, -0.2) is 19.1 Å². The van der Waals surface area contributed by atoms with E-state index in [1.54, 1.807) is 19.1 Å². The number of esters is 1. The molecule has 0 saturated carbocycles. The van der Waals surface area contributed by atoms with E-state index in [1.807, 2.05) is 0 Å². The van der Waals surface area contributed by atoms with E-state index in [0.29, 0.717) is 28.1 Å². The van der Waals surface area contributed by atoms with Gasteiger partial charge in [-0.15, -0.1) is 5.10 Å². The lowest BCUT2D eigenvalue weighted by Crippen LogP contribution is -2.18. The molecule has 0 spiro atoms. The lowest BCUT2D eigenvalue weighted by Gasteiger charge is -2.11. The second kappa shape index (κ2) is 6.69. The van der Waals surface area contributed by atoms with Crippen molar-refractivity contribution in [1.82, 2.24) is 29.8 Å². The van der Waals surface area contributed by atoms with Crippen LogP contribution < -0.4 is 0 Å². The number of carbonyl (C=O) groups excluding carboxylic acids is 1. The van der Waals surface area contributed by atoms with Crippen molar-refractivity contribution in [3.8, 4) is 5.82 Å². The van der Waals surface area contributed by atoms with Crippen LogP contribution in [0.2, 0.25) is 5.02 Å². The Kier molecular flexibility index (Phi) is 4.41. The average Bonchev–Trinajstić information content (AvgIpc) is 3.27. The van der Waals surface area contributed by atoms with Crippen molar-refractivity contribution in [1.29, 1.82) is 0 Å². The maximum atomic E-state index is 12.9. The number of carbonyl (C=O) groups is 1. The summed E-state index contributed by atoms with van der Waals surface area (Å²) in [6.45, 7) is 1.61. The van der Waals surface area contributed by atoms with Crippen LogP contribution in [0.4, 0.5) is 13.2 Å². The Labute approximate surface area is 165 Å². The van der Waals surface area contributed by atoms with Crippen LogP contribution >= 0.6 is 11.6 Å². The smallest absolute Gasteiger partial charge is 0.417 e. The van der Waals surface area contributed by atoms with Gasteiger partial charge in [0.15, 0.2) is 5.82 Å². The molecular weight excluding hydrogens is 413 g/mol. The van der Waals surface area contributed by atoms with E-state index < -0.39 is 23.8 Å². The van der Waals surface area contributed by atoms with Crippen LogP contribution in [0.25, 0.3) is 27.8 Å². The molecule has 0 N–H and O–H groups in total. The first kappa shape index (κ1) is 19.1. The van der Waals surface area contributed by atoms with Gasteiger partial charge in [-0.05, 0) is 25.1 Å². The lowest BCUT2D eigenvalue weighted by atomic mass is 10.2. The van der Waals surface area contributed by atoms with E-state index in [9.17, 15) is 18.0 Å². The highest BCUT2D eigenvalue weighted by atomic mass is 35.5. The maximum Gasteiger partial charge on any atom is 0.417 e. The van der Waals surface area contributed by atoms with Crippen LogP contribution in [0.1, 0.15) is 18.5 Å². The van der Waals surface area contributed by atoms with Gasteiger partial charge in [0.25, 0.3) is 0 Å². The number of ether oxygens (including phenoxy) is 1. The SMILES string of the molecule is COC(=O)C(C)n1nnc2cc3cnn(-c4ncc(C(F)(F)F)cc4Cl)c3cc21. The third-order valence-corrected chi connectivity index (χ3v) is 4.70. The summed E-state index contributed by atoms with van der Waals surface area (Å²) in [6, 6.07) is 3.42. The van der Waals surface area contributed by atoms with Crippen LogP contribution in [-0.4, -0.2) is 42.8 Å². The van der Waals surface area contributed by atoms with Crippen molar-refractivity contribution in [2.24, 2.45) is 0 Å². The zero-order chi connectivity index (χ0) is 20.9. The molecule has 0 aliphatic rings. The second-order valence-corrected chi connectivity index (χ2v) is 6.62. The van der Waals surface area contributed by atoms with Crippen molar-refractivity contribution >= 4 is 39.5 Å². The van der Waals surface area contributed by atoms with Gasteiger partial charge in [0, 0.05) is 11.6 Å². The summed E-state index contributed by atoms with van der Waals surface area (Å²) >= 11 is 6.05.